The van der Waals surface area contributed by atoms with Gasteiger partial charge in [-0.15, -0.1) is 0 Å². The molecule has 18 heavy (non-hydrogen) atoms. The first-order chi connectivity index (χ1) is 8.71. The number of hydrogen-bond acceptors (Lipinski definition) is 3. The number of hydrogen-bond donors (Lipinski definition) is 1. The Labute approximate surface area is 115 Å². The van der Waals surface area contributed by atoms with Crippen molar-refractivity contribution in [2.24, 2.45) is 0 Å². The molecule has 1 unspecified atom stereocenters. The minimum Gasteiger partial charge on any atom is -0.383 e. The van der Waals surface area contributed by atoms with Crippen LogP contribution in [-0.4, -0.2) is 31.0 Å². The van der Waals surface area contributed by atoms with E-state index in [2.05, 4.69) is 21.2 Å². The smallest absolute Gasteiger partial charge is 0.251 e. The van der Waals surface area contributed by atoms with Crippen LogP contribution >= 0.6 is 15.9 Å². The molecule has 0 bridgehead atoms. The van der Waals surface area contributed by atoms with Crippen LogP contribution in [0.4, 0.5) is 0 Å². The summed E-state index contributed by atoms with van der Waals surface area (Å²) in [6.45, 7) is 0.480. The number of halogens is 1. The van der Waals surface area contributed by atoms with Crippen molar-refractivity contribution < 1.29 is 9.53 Å². The highest BCUT2D eigenvalue weighted by Gasteiger charge is 2.12. The molecule has 0 heterocycles. The van der Waals surface area contributed by atoms with E-state index in [0.29, 0.717) is 17.7 Å². The molecule has 0 aromatic heterocycles. The van der Waals surface area contributed by atoms with Crippen LogP contribution in [0.25, 0.3) is 0 Å². The first-order valence-corrected chi connectivity index (χ1v) is 6.69. The number of alkyl halides is 1. The highest BCUT2D eigenvalue weighted by Crippen LogP contribution is 2.05. The van der Waals surface area contributed by atoms with Crippen molar-refractivity contribution >= 4 is 21.8 Å². The maximum Gasteiger partial charge on any atom is 0.251 e. The van der Waals surface area contributed by atoms with Crippen LogP contribution in [0.2, 0.25) is 0 Å². The predicted molar refractivity (Wildman–Crippen MR) is 72.7 cm³/mol. The number of ether oxygens (including phenoxy) is 1. The van der Waals surface area contributed by atoms with Crippen LogP contribution in [0.1, 0.15) is 22.3 Å². The second kappa shape index (κ2) is 7.85. The average Bonchev–Trinajstić information content (AvgIpc) is 2.39. The van der Waals surface area contributed by atoms with Gasteiger partial charge in [-0.1, -0.05) is 15.9 Å². The second-order valence-electron chi connectivity index (χ2n) is 3.79. The Morgan fingerprint density at radius 2 is 2.17 bits per heavy atom. The monoisotopic (exact) mass is 310 g/mol. The van der Waals surface area contributed by atoms with Crippen molar-refractivity contribution in [1.29, 1.82) is 5.26 Å². The molecule has 96 valence electrons. The normalized spacial score (nSPS) is 11.6. The highest BCUT2D eigenvalue weighted by molar-refractivity contribution is 9.09. The second-order valence-corrected chi connectivity index (χ2v) is 4.59. The molecule has 1 rings (SSSR count). The molecule has 4 nitrogen and oxygen atoms in total. The Bertz CT molecular complexity index is 420. The Balaban J connectivity index is 2.65. The number of rotatable bonds is 6. The molecule has 0 spiro atoms. The minimum absolute atomic E-state index is 0.0162. The first kappa shape index (κ1) is 14.7. The van der Waals surface area contributed by atoms with E-state index in [1.165, 1.54) is 0 Å². The van der Waals surface area contributed by atoms with Gasteiger partial charge in [0, 0.05) is 18.0 Å². The van der Waals surface area contributed by atoms with Crippen LogP contribution in [0.3, 0.4) is 0 Å². The van der Waals surface area contributed by atoms with E-state index in [9.17, 15) is 4.79 Å². The summed E-state index contributed by atoms with van der Waals surface area (Å²) in [5.74, 6) is -0.150. The van der Waals surface area contributed by atoms with Gasteiger partial charge in [-0.3, -0.25) is 4.79 Å². The van der Waals surface area contributed by atoms with Gasteiger partial charge in [0.15, 0.2) is 0 Å². The maximum atomic E-state index is 11.9. The van der Waals surface area contributed by atoms with Gasteiger partial charge in [0.05, 0.1) is 24.3 Å². The van der Waals surface area contributed by atoms with Crippen LogP contribution in [-0.2, 0) is 4.74 Å². The zero-order valence-corrected chi connectivity index (χ0v) is 11.7. The molecule has 0 aliphatic heterocycles. The first-order valence-electron chi connectivity index (χ1n) is 5.57. The molecule has 5 heteroatoms. The van der Waals surface area contributed by atoms with Crippen molar-refractivity contribution in [1.82, 2.24) is 5.32 Å². The molecule has 1 aromatic carbocycles. The van der Waals surface area contributed by atoms with Gasteiger partial charge in [0.1, 0.15) is 0 Å². The summed E-state index contributed by atoms with van der Waals surface area (Å²) in [4.78, 5) is 11.9. The summed E-state index contributed by atoms with van der Waals surface area (Å²) in [5.41, 5.74) is 1.09. The summed E-state index contributed by atoms with van der Waals surface area (Å²) in [7, 11) is 1.61. The number of benzene rings is 1. The van der Waals surface area contributed by atoms with Crippen molar-refractivity contribution in [3.63, 3.8) is 0 Å². The van der Waals surface area contributed by atoms with Crippen molar-refractivity contribution in [2.75, 3.05) is 19.0 Å². The van der Waals surface area contributed by atoms with Crippen molar-refractivity contribution in [3.05, 3.63) is 35.4 Å². The van der Waals surface area contributed by atoms with Gasteiger partial charge in [0.2, 0.25) is 0 Å². The minimum atomic E-state index is -0.150. The topological polar surface area (TPSA) is 62.1 Å². The largest absolute Gasteiger partial charge is 0.383 e. The summed E-state index contributed by atoms with van der Waals surface area (Å²) in [6, 6.07) is 8.55. The van der Waals surface area contributed by atoms with E-state index in [4.69, 9.17) is 10.00 Å². The number of nitrogens with zero attached hydrogens (tertiary/aromatic N) is 1. The fourth-order valence-corrected chi connectivity index (χ4v) is 2.05. The zero-order valence-electron chi connectivity index (χ0n) is 10.1. The molecular weight excluding hydrogens is 296 g/mol. The lowest BCUT2D eigenvalue weighted by Crippen LogP contribution is -2.38. The molecule has 1 atom stereocenters. The Morgan fingerprint density at radius 1 is 1.50 bits per heavy atom. The number of nitriles is 1. The fraction of sp³-hybridized carbons (Fsp3) is 0.385. The van der Waals surface area contributed by atoms with Crippen LogP contribution in [0.15, 0.2) is 24.3 Å². The lowest BCUT2D eigenvalue weighted by molar-refractivity contribution is 0.0895. The number of carbonyl (C=O) groups is 1. The third-order valence-electron chi connectivity index (χ3n) is 2.44. The fourth-order valence-electron chi connectivity index (χ4n) is 1.49. The van der Waals surface area contributed by atoms with E-state index < -0.39 is 0 Å². The lowest BCUT2D eigenvalue weighted by atomic mass is 10.1. The summed E-state index contributed by atoms with van der Waals surface area (Å²) in [6.07, 6.45) is 0.801. The summed E-state index contributed by atoms with van der Waals surface area (Å²) in [5, 5.41) is 12.4. The predicted octanol–water partition coefficient (Wildman–Crippen LogP) is 2.09. The van der Waals surface area contributed by atoms with E-state index in [1.807, 2.05) is 6.07 Å². The van der Waals surface area contributed by atoms with E-state index in [0.717, 1.165) is 11.8 Å². The number of amides is 1. The lowest BCUT2D eigenvalue weighted by Gasteiger charge is -2.16. The van der Waals surface area contributed by atoms with Crippen molar-refractivity contribution in [3.8, 4) is 6.07 Å². The zero-order chi connectivity index (χ0) is 13.4. The Hall–Kier alpha value is -1.38. The van der Waals surface area contributed by atoms with Gasteiger partial charge < -0.3 is 10.1 Å². The third kappa shape index (κ3) is 4.47. The average molecular weight is 311 g/mol. The summed E-state index contributed by atoms with van der Waals surface area (Å²) >= 11 is 3.34. The summed E-state index contributed by atoms with van der Waals surface area (Å²) < 4.78 is 5.05. The van der Waals surface area contributed by atoms with Gasteiger partial charge in [-0.05, 0) is 30.7 Å². The molecule has 0 aliphatic carbocycles. The van der Waals surface area contributed by atoms with Gasteiger partial charge in [-0.25, -0.2) is 0 Å². The Morgan fingerprint density at radius 3 is 2.67 bits per heavy atom. The Kier molecular flexibility index (Phi) is 6.40. The number of nitrogens with one attached hydrogen (secondary N) is 1. The van der Waals surface area contributed by atoms with E-state index >= 15 is 0 Å². The molecule has 0 radical (unpaired) electrons. The van der Waals surface area contributed by atoms with E-state index in [1.54, 1.807) is 31.4 Å². The molecular formula is C13H15BrN2O2. The molecule has 0 saturated heterocycles. The third-order valence-corrected chi connectivity index (χ3v) is 2.89. The van der Waals surface area contributed by atoms with Gasteiger partial charge in [-0.2, -0.15) is 5.26 Å². The van der Waals surface area contributed by atoms with Crippen molar-refractivity contribution in [2.45, 2.75) is 12.5 Å². The molecule has 0 aliphatic rings. The molecule has 1 N–H and O–H groups in total. The quantitative estimate of drug-likeness (QED) is 0.818. The molecule has 1 amide bonds. The number of methoxy groups -OCH3 is 1. The van der Waals surface area contributed by atoms with Gasteiger partial charge in [0.25, 0.3) is 5.91 Å². The molecule has 0 saturated carbocycles. The highest BCUT2D eigenvalue weighted by atomic mass is 79.9. The van der Waals surface area contributed by atoms with E-state index in [-0.39, 0.29) is 11.9 Å². The van der Waals surface area contributed by atoms with Crippen LogP contribution in [0, 0.1) is 11.3 Å². The molecule has 1 aromatic rings. The molecule has 0 fully saturated rings. The standard InChI is InChI=1S/C13H15BrN2O2/c1-18-9-12(6-7-14)16-13(17)11-4-2-10(8-15)3-5-11/h2-5,12H,6-7,9H2,1H3,(H,16,17). The van der Waals surface area contributed by atoms with Crippen LogP contribution in [0.5, 0.6) is 0 Å². The van der Waals surface area contributed by atoms with Gasteiger partial charge >= 0.3 is 0 Å². The maximum absolute atomic E-state index is 11.9. The number of carbonyl (C=O) groups excluding carboxylic acids is 1. The SMILES string of the molecule is COCC(CCBr)NC(=O)c1ccc(C#N)cc1. The van der Waals surface area contributed by atoms with Crippen LogP contribution < -0.4 is 5.32 Å².